The van der Waals surface area contributed by atoms with Crippen LogP contribution in [0.3, 0.4) is 0 Å². The molecule has 2 amide bonds. The van der Waals surface area contributed by atoms with Crippen LogP contribution in [0.1, 0.15) is 46.3 Å². The van der Waals surface area contributed by atoms with Gasteiger partial charge in [-0.3, -0.25) is 9.59 Å². The van der Waals surface area contributed by atoms with E-state index < -0.39 is 0 Å². The predicted molar refractivity (Wildman–Crippen MR) is 156 cm³/mol. The molecule has 0 aliphatic carbocycles. The van der Waals surface area contributed by atoms with Crippen molar-refractivity contribution in [2.24, 2.45) is 4.99 Å². The number of nitrogens with zero attached hydrogens (tertiary/aromatic N) is 2. The molecule has 8 heteroatoms. The predicted octanol–water partition coefficient (Wildman–Crippen LogP) is 6.10. The molecule has 2 aliphatic heterocycles. The molecule has 0 aromatic heterocycles. The van der Waals surface area contributed by atoms with Crippen molar-refractivity contribution < 1.29 is 19.1 Å². The van der Waals surface area contributed by atoms with Gasteiger partial charge in [0.1, 0.15) is 6.61 Å². The first-order valence-electron chi connectivity index (χ1n) is 13.0. The van der Waals surface area contributed by atoms with Crippen molar-refractivity contribution in [2.45, 2.75) is 32.8 Å². The first-order valence-corrected chi connectivity index (χ1v) is 13.9. The second kappa shape index (κ2) is 12.2. The van der Waals surface area contributed by atoms with Crippen molar-refractivity contribution >= 4 is 40.5 Å². The Morgan fingerprint density at radius 3 is 2.54 bits per heavy atom. The molecule has 200 valence electrons. The number of hydrogen-bond acceptors (Lipinski definition) is 6. The molecular formula is C31H31N3O4S. The van der Waals surface area contributed by atoms with Gasteiger partial charge in [-0.1, -0.05) is 36.4 Å². The Morgan fingerprint density at radius 2 is 1.79 bits per heavy atom. The van der Waals surface area contributed by atoms with Crippen LogP contribution in [0.2, 0.25) is 0 Å². The fraction of sp³-hybridized carbons (Fsp3) is 0.258. The number of nitrogens with one attached hydrogen (secondary N) is 1. The third-order valence-corrected chi connectivity index (χ3v) is 7.62. The van der Waals surface area contributed by atoms with Crippen LogP contribution in [0.25, 0.3) is 6.08 Å². The van der Waals surface area contributed by atoms with Crippen LogP contribution >= 0.6 is 11.8 Å². The van der Waals surface area contributed by atoms with Gasteiger partial charge in [-0.25, -0.2) is 4.99 Å². The minimum atomic E-state index is -0.186. The quantitative estimate of drug-likeness (QED) is 0.366. The Hall–Kier alpha value is -4.04. The Balaban J connectivity index is 1.23. The largest absolute Gasteiger partial charge is 0.493 e. The fourth-order valence-electron chi connectivity index (χ4n) is 4.51. The van der Waals surface area contributed by atoms with Crippen molar-refractivity contribution in [3.05, 3.63) is 93.9 Å². The van der Waals surface area contributed by atoms with Crippen molar-refractivity contribution in [3.63, 3.8) is 0 Å². The van der Waals surface area contributed by atoms with E-state index in [1.54, 1.807) is 7.11 Å². The minimum Gasteiger partial charge on any atom is -0.493 e. The van der Waals surface area contributed by atoms with E-state index >= 15 is 0 Å². The highest BCUT2D eigenvalue weighted by Crippen LogP contribution is 2.33. The molecule has 2 heterocycles. The molecule has 39 heavy (non-hydrogen) atoms. The Morgan fingerprint density at radius 1 is 1.03 bits per heavy atom. The number of para-hydroxylation sites is 1. The molecule has 1 N–H and O–H groups in total. The van der Waals surface area contributed by atoms with E-state index in [-0.39, 0.29) is 11.8 Å². The molecule has 0 bridgehead atoms. The first kappa shape index (κ1) is 26.6. The molecule has 2 fully saturated rings. The zero-order valence-electron chi connectivity index (χ0n) is 22.1. The zero-order valence-corrected chi connectivity index (χ0v) is 22.9. The molecule has 3 aromatic carbocycles. The Kier molecular flexibility index (Phi) is 8.32. The molecule has 5 rings (SSSR count). The van der Waals surface area contributed by atoms with Crippen LogP contribution in [-0.2, 0) is 11.4 Å². The van der Waals surface area contributed by atoms with Crippen LogP contribution in [0.4, 0.5) is 5.69 Å². The first-order chi connectivity index (χ1) is 19.0. The lowest BCUT2D eigenvalue weighted by Gasteiger charge is -2.26. The fourth-order valence-corrected chi connectivity index (χ4v) is 5.34. The van der Waals surface area contributed by atoms with E-state index in [1.165, 1.54) is 18.2 Å². The summed E-state index contributed by atoms with van der Waals surface area (Å²) in [6.45, 7) is 4.00. The minimum absolute atomic E-state index is 0.0937. The van der Waals surface area contributed by atoms with E-state index in [1.807, 2.05) is 84.6 Å². The number of hydrogen-bond donors (Lipinski definition) is 1. The summed E-state index contributed by atoms with van der Waals surface area (Å²) in [6.07, 6.45) is 5.15. The van der Waals surface area contributed by atoms with Gasteiger partial charge in [0.25, 0.3) is 11.8 Å². The lowest BCUT2D eigenvalue weighted by molar-refractivity contribution is -0.115. The summed E-state index contributed by atoms with van der Waals surface area (Å²) in [4.78, 5) is 32.3. The smallest absolute Gasteiger partial charge is 0.264 e. The van der Waals surface area contributed by atoms with Crippen molar-refractivity contribution in [2.75, 3.05) is 20.2 Å². The number of aliphatic imine (C=N–C) groups is 1. The number of benzene rings is 3. The maximum atomic E-state index is 12.7. The molecule has 0 atom stereocenters. The molecule has 7 nitrogen and oxygen atoms in total. The van der Waals surface area contributed by atoms with Crippen molar-refractivity contribution in [3.8, 4) is 11.5 Å². The van der Waals surface area contributed by atoms with E-state index in [2.05, 4.69) is 10.3 Å². The summed E-state index contributed by atoms with van der Waals surface area (Å²) < 4.78 is 11.6. The number of rotatable bonds is 7. The standard InChI is InChI=1S/C31H31N3O4S/c1-21-8-4-5-9-25(21)32-31-33-29(35)28(39-31)19-23-12-15-26(27(18-23)37-2)38-20-22-10-13-24(14-11-22)30(36)34-16-6-3-7-17-34/h4-5,8-15,18-19H,3,6-7,16-17,20H2,1-2H3,(H,32,33,35)/b28-19-. The zero-order chi connectivity index (χ0) is 27.2. The number of aryl methyl sites for hydroxylation is 1. The van der Waals surface area contributed by atoms with Gasteiger partial charge in [-0.15, -0.1) is 0 Å². The van der Waals surface area contributed by atoms with Crippen LogP contribution < -0.4 is 14.8 Å². The van der Waals surface area contributed by atoms with Crippen LogP contribution in [0.5, 0.6) is 11.5 Å². The lowest BCUT2D eigenvalue weighted by atomic mass is 10.1. The number of thioether (sulfide) groups is 1. The molecule has 0 unspecified atom stereocenters. The summed E-state index contributed by atoms with van der Waals surface area (Å²) in [7, 11) is 1.59. The average molecular weight is 542 g/mol. The van der Waals surface area contributed by atoms with E-state index in [9.17, 15) is 9.59 Å². The highest BCUT2D eigenvalue weighted by atomic mass is 32.2. The van der Waals surface area contributed by atoms with Gasteiger partial charge in [-0.2, -0.15) is 0 Å². The number of amidine groups is 1. The van der Waals surface area contributed by atoms with Crippen molar-refractivity contribution in [1.82, 2.24) is 10.2 Å². The molecule has 0 radical (unpaired) electrons. The van der Waals surface area contributed by atoms with Gasteiger partial charge >= 0.3 is 0 Å². The number of methoxy groups -OCH3 is 1. The lowest BCUT2D eigenvalue weighted by Crippen LogP contribution is -2.35. The number of ether oxygens (including phenoxy) is 2. The summed E-state index contributed by atoms with van der Waals surface area (Å²) in [6, 6.07) is 20.9. The van der Waals surface area contributed by atoms with Gasteiger partial charge in [0.05, 0.1) is 17.7 Å². The molecule has 3 aromatic rings. The van der Waals surface area contributed by atoms with E-state index in [4.69, 9.17) is 9.47 Å². The van der Waals surface area contributed by atoms with Crippen LogP contribution in [0, 0.1) is 6.92 Å². The second-order valence-electron chi connectivity index (χ2n) is 9.52. The Labute approximate surface area is 232 Å². The topological polar surface area (TPSA) is 80.2 Å². The maximum absolute atomic E-state index is 12.7. The normalized spacial score (nSPS) is 17.4. The summed E-state index contributed by atoms with van der Waals surface area (Å²) in [5, 5.41) is 3.39. The summed E-state index contributed by atoms with van der Waals surface area (Å²) in [5.41, 5.74) is 4.34. The van der Waals surface area contributed by atoms with Gasteiger partial charge in [0.15, 0.2) is 16.7 Å². The van der Waals surface area contributed by atoms with Gasteiger partial charge in [0, 0.05) is 18.7 Å². The van der Waals surface area contributed by atoms with Crippen LogP contribution in [-0.4, -0.2) is 42.1 Å². The van der Waals surface area contributed by atoms with E-state index in [0.717, 1.165) is 48.3 Å². The molecule has 0 spiro atoms. The number of carbonyl (C=O) groups is 2. The number of likely N-dealkylation sites (tertiary alicyclic amines) is 1. The highest BCUT2D eigenvalue weighted by Gasteiger charge is 2.24. The number of piperidine rings is 1. The van der Waals surface area contributed by atoms with Crippen molar-refractivity contribution in [1.29, 1.82) is 0 Å². The van der Waals surface area contributed by atoms with E-state index in [0.29, 0.717) is 33.7 Å². The van der Waals surface area contributed by atoms with Crippen LogP contribution in [0.15, 0.2) is 76.6 Å². The summed E-state index contributed by atoms with van der Waals surface area (Å²) in [5.74, 6) is 1.07. The molecular weight excluding hydrogens is 510 g/mol. The average Bonchev–Trinajstić information content (AvgIpc) is 3.31. The Bertz CT molecular complexity index is 1430. The highest BCUT2D eigenvalue weighted by molar-refractivity contribution is 8.18. The number of amides is 2. The summed E-state index contributed by atoms with van der Waals surface area (Å²) >= 11 is 1.31. The molecule has 2 saturated heterocycles. The molecule has 0 saturated carbocycles. The van der Waals surface area contributed by atoms with Gasteiger partial charge < -0.3 is 19.7 Å². The number of carbonyl (C=O) groups excluding carboxylic acids is 2. The third-order valence-electron chi connectivity index (χ3n) is 6.71. The van der Waals surface area contributed by atoms with Gasteiger partial charge in [-0.05, 0) is 91.0 Å². The maximum Gasteiger partial charge on any atom is 0.264 e. The third kappa shape index (κ3) is 6.52. The monoisotopic (exact) mass is 541 g/mol. The second-order valence-corrected chi connectivity index (χ2v) is 10.5. The SMILES string of the molecule is COc1cc(/C=C2\SC(=Nc3ccccc3C)NC2=O)ccc1OCc1ccc(C(=O)N2CCCCC2)cc1. The molecule has 2 aliphatic rings. The van der Waals surface area contributed by atoms with Gasteiger partial charge in [0.2, 0.25) is 0 Å².